The maximum absolute atomic E-state index is 9.96. The predicted octanol–water partition coefficient (Wildman–Crippen LogP) is 0.960. The molecule has 3 heteroatoms. The van der Waals surface area contributed by atoms with E-state index in [0.29, 0.717) is 0 Å². The summed E-state index contributed by atoms with van der Waals surface area (Å²) in [5.41, 5.74) is 0. The van der Waals surface area contributed by atoms with Crippen LogP contribution in [0, 0.1) is 0 Å². The average Bonchev–Trinajstić information content (AvgIpc) is 1.30. The zero-order valence-corrected chi connectivity index (χ0v) is 5.73. The second-order valence-corrected chi connectivity index (χ2v) is 2.48. The molecule has 0 bridgehead atoms. The van der Waals surface area contributed by atoms with E-state index in [1.165, 1.54) is 0 Å². The van der Waals surface area contributed by atoms with Gasteiger partial charge in [-0.05, 0) is 0 Å². The third kappa shape index (κ3) is 1.37. The first-order valence-electron chi connectivity index (χ1n) is 1.50. The fourth-order valence-electron chi connectivity index (χ4n) is 0.191. The van der Waals surface area contributed by atoms with Gasteiger partial charge in [-0.3, -0.25) is 0 Å². The van der Waals surface area contributed by atoms with E-state index in [1.54, 1.807) is 5.82 Å². The van der Waals surface area contributed by atoms with Crippen LogP contribution >= 0.6 is 7.80 Å². The Morgan fingerprint density at radius 1 is 1.67 bits per heavy atom. The molecule has 0 aromatic rings. The van der Waals surface area contributed by atoms with Gasteiger partial charge in [0.05, 0.1) is 0 Å². The zero-order chi connectivity index (χ0) is 3.70. The lowest BCUT2D eigenvalue weighted by molar-refractivity contribution is 0.592. The summed E-state index contributed by atoms with van der Waals surface area (Å²) in [6.07, 6.45) is 2.73. The van der Waals surface area contributed by atoms with Gasteiger partial charge in [-0.2, -0.15) is 0 Å². The smallest absolute Gasteiger partial charge is 0.0684 e. The second kappa shape index (κ2) is 2.73. The molecule has 0 spiro atoms. The van der Waals surface area contributed by atoms with Crippen LogP contribution in [-0.4, -0.2) is 29.2 Å². The van der Waals surface area contributed by atoms with E-state index >= 15 is 0 Å². The number of rotatable bonds is 0. The van der Waals surface area contributed by atoms with Crippen LogP contribution in [0.1, 0.15) is 0 Å². The molecule has 0 saturated heterocycles. The van der Waals surface area contributed by atoms with Gasteiger partial charge in [0.25, 0.3) is 0 Å². The summed E-state index contributed by atoms with van der Waals surface area (Å²) >= 11 is 0. The first-order chi connectivity index (χ1) is 2.39. The molecular formula is C3H4MgOP+. The van der Waals surface area contributed by atoms with Crippen LogP contribution in [0.25, 0.3) is 0 Å². The highest BCUT2D eigenvalue weighted by Crippen LogP contribution is 2.29. The molecule has 1 heterocycles. The van der Waals surface area contributed by atoms with Crippen molar-refractivity contribution in [2.24, 2.45) is 0 Å². The molecule has 0 aromatic carbocycles. The molecule has 1 aliphatic heterocycles. The SMILES string of the molecule is O=[P+]1C=CC1.[Mg]. The van der Waals surface area contributed by atoms with E-state index in [2.05, 4.69) is 0 Å². The molecule has 6 heavy (non-hydrogen) atoms. The third-order valence-electron chi connectivity index (χ3n) is 0.557. The molecule has 0 fully saturated rings. The molecule has 1 rings (SSSR count). The van der Waals surface area contributed by atoms with Crippen LogP contribution in [0.3, 0.4) is 0 Å². The van der Waals surface area contributed by atoms with Gasteiger partial charge in [-0.1, -0.05) is 4.57 Å². The largest absolute Gasteiger partial charge is 0.373 e. The quantitative estimate of drug-likeness (QED) is 0.336. The molecule has 1 nitrogen and oxygen atoms in total. The summed E-state index contributed by atoms with van der Waals surface area (Å²) < 4.78 is 9.96. The Morgan fingerprint density at radius 3 is 2.00 bits per heavy atom. The van der Waals surface area contributed by atoms with Gasteiger partial charge in [0.1, 0.15) is 0 Å². The second-order valence-electron chi connectivity index (χ2n) is 0.984. The molecule has 1 unspecified atom stereocenters. The Morgan fingerprint density at radius 2 is 2.00 bits per heavy atom. The molecule has 2 radical (unpaired) electrons. The van der Waals surface area contributed by atoms with Crippen molar-refractivity contribution in [2.45, 2.75) is 0 Å². The van der Waals surface area contributed by atoms with Crippen LogP contribution in [0.15, 0.2) is 11.9 Å². The summed E-state index contributed by atoms with van der Waals surface area (Å²) in [6, 6.07) is 0. The molecule has 0 aliphatic carbocycles. The maximum Gasteiger partial charge on any atom is 0.373 e. The predicted molar refractivity (Wildman–Crippen MR) is 27.4 cm³/mol. The highest BCUT2D eigenvalue weighted by Gasteiger charge is 2.15. The summed E-state index contributed by atoms with van der Waals surface area (Å²) in [6.45, 7) is 0. The molecule has 1 aliphatic rings. The Bertz CT molecular complexity index is 88.8. The van der Waals surface area contributed by atoms with Gasteiger partial charge in [0.15, 0.2) is 12.0 Å². The first-order valence-corrected chi connectivity index (χ1v) is 3.01. The van der Waals surface area contributed by atoms with Crippen molar-refractivity contribution in [2.75, 3.05) is 6.16 Å². The normalized spacial score (nSPS) is 21.7. The molecule has 28 valence electrons. The van der Waals surface area contributed by atoms with Crippen molar-refractivity contribution in [1.82, 2.24) is 0 Å². The lowest BCUT2D eigenvalue weighted by atomic mass is 10.7. The molecular weight excluding hydrogens is 107 g/mol. The van der Waals surface area contributed by atoms with Gasteiger partial charge < -0.3 is 0 Å². The van der Waals surface area contributed by atoms with E-state index in [4.69, 9.17) is 0 Å². The Balaban J connectivity index is 0.000000250. The van der Waals surface area contributed by atoms with Gasteiger partial charge in [0.2, 0.25) is 0 Å². The Kier molecular flexibility index (Phi) is 3.00. The minimum absolute atomic E-state index is 0. The van der Waals surface area contributed by atoms with E-state index in [1.807, 2.05) is 6.08 Å². The third-order valence-corrected chi connectivity index (χ3v) is 1.67. The van der Waals surface area contributed by atoms with Crippen LogP contribution in [0.5, 0.6) is 0 Å². The molecule has 0 aromatic heterocycles. The Hall–Kier alpha value is 0.606. The van der Waals surface area contributed by atoms with Crippen LogP contribution < -0.4 is 0 Å². The van der Waals surface area contributed by atoms with Crippen molar-refractivity contribution in [3.05, 3.63) is 11.9 Å². The fraction of sp³-hybridized carbons (Fsp3) is 0.333. The standard InChI is InChI=1S/C3H4OP.Mg/c4-5-2-1-3-5;/h1-2H,3H2;/q+1;. The topological polar surface area (TPSA) is 17.1 Å². The van der Waals surface area contributed by atoms with E-state index < -0.39 is 7.80 Å². The number of hydrogen-bond acceptors (Lipinski definition) is 1. The average molecular weight is 111 g/mol. The molecule has 0 saturated carbocycles. The van der Waals surface area contributed by atoms with Crippen LogP contribution in [0.4, 0.5) is 0 Å². The first kappa shape index (κ1) is 6.61. The molecule has 0 amide bonds. The van der Waals surface area contributed by atoms with Crippen molar-refractivity contribution < 1.29 is 4.57 Å². The van der Waals surface area contributed by atoms with Gasteiger partial charge in [-0.25, -0.2) is 0 Å². The highest BCUT2D eigenvalue weighted by atomic mass is 31.1. The van der Waals surface area contributed by atoms with Crippen LogP contribution in [0.2, 0.25) is 0 Å². The van der Waals surface area contributed by atoms with E-state index in [-0.39, 0.29) is 23.1 Å². The number of allylic oxidation sites excluding steroid dienone is 1. The van der Waals surface area contributed by atoms with Crippen LogP contribution in [-0.2, 0) is 4.57 Å². The minimum atomic E-state index is -0.848. The zero-order valence-electron chi connectivity index (χ0n) is 3.42. The summed E-state index contributed by atoms with van der Waals surface area (Å²) in [7, 11) is -0.848. The summed E-state index contributed by atoms with van der Waals surface area (Å²) in [5, 5.41) is 0. The van der Waals surface area contributed by atoms with Crippen molar-refractivity contribution in [1.29, 1.82) is 0 Å². The molecule has 0 N–H and O–H groups in total. The lowest BCUT2D eigenvalue weighted by Crippen LogP contribution is -1.73. The Labute approximate surface area is 53.7 Å². The van der Waals surface area contributed by atoms with Crippen molar-refractivity contribution in [3.63, 3.8) is 0 Å². The van der Waals surface area contributed by atoms with Gasteiger partial charge in [-0.15, -0.1) is 0 Å². The van der Waals surface area contributed by atoms with Crippen molar-refractivity contribution in [3.8, 4) is 0 Å². The van der Waals surface area contributed by atoms with Crippen molar-refractivity contribution >= 4 is 30.9 Å². The highest BCUT2D eigenvalue weighted by molar-refractivity contribution is 7.50. The minimum Gasteiger partial charge on any atom is -0.0684 e. The monoisotopic (exact) mass is 111 g/mol. The summed E-state index contributed by atoms with van der Waals surface area (Å²) in [5.74, 6) is 1.73. The van der Waals surface area contributed by atoms with E-state index in [0.717, 1.165) is 6.16 Å². The lowest BCUT2D eigenvalue weighted by Gasteiger charge is -1.76. The summed E-state index contributed by atoms with van der Waals surface area (Å²) in [4.78, 5) is 0. The number of hydrogen-bond donors (Lipinski definition) is 0. The maximum atomic E-state index is 9.96. The van der Waals surface area contributed by atoms with Gasteiger partial charge >= 0.3 is 7.80 Å². The van der Waals surface area contributed by atoms with E-state index in [9.17, 15) is 4.57 Å². The fourth-order valence-corrected chi connectivity index (χ4v) is 0.574. The molecule has 1 atom stereocenters. The van der Waals surface area contributed by atoms with Gasteiger partial charge in [0, 0.05) is 29.1 Å².